The second-order valence-corrected chi connectivity index (χ2v) is 5.63. The van der Waals surface area contributed by atoms with Gasteiger partial charge < -0.3 is 4.30 Å². The van der Waals surface area contributed by atoms with Crippen LogP contribution >= 0.6 is 11.3 Å². The van der Waals surface area contributed by atoms with Gasteiger partial charge in [0.2, 0.25) is 0 Å². The largest absolute Gasteiger partial charge is 0.452 e. The molecule has 0 fully saturated rings. The van der Waals surface area contributed by atoms with Crippen LogP contribution in [0.3, 0.4) is 0 Å². The monoisotopic (exact) mass is 156 g/mol. The van der Waals surface area contributed by atoms with Gasteiger partial charge in [0.1, 0.15) is 0 Å². The fourth-order valence-electron chi connectivity index (χ4n) is 0.542. The summed E-state index contributed by atoms with van der Waals surface area (Å²) in [7, 11) is 0. The molecule has 9 heavy (non-hydrogen) atoms. The van der Waals surface area contributed by atoms with Crippen molar-refractivity contribution in [2.45, 2.75) is 11.6 Å². The Morgan fingerprint density at radius 3 is 2.89 bits per heavy atom. The number of aromatic nitrogens is 1. The summed E-state index contributed by atoms with van der Waals surface area (Å²) in [6, 6.07) is 0. The van der Waals surface area contributed by atoms with Crippen LogP contribution in [0.4, 0.5) is 5.13 Å². The van der Waals surface area contributed by atoms with Gasteiger partial charge in [0.15, 0.2) is 5.13 Å². The van der Waals surface area contributed by atoms with E-state index in [9.17, 15) is 0 Å². The molecule has 0 bridgehead atoms. The van der Waals surface area contributed by atoms with Gasteiger partial charge in [-0.2, -0.15) is 0 Å². The zero-order valence-electron chi connectivity index (χ0n) is 5.59. The number of hydrogen-bond donors (Lipinski definition) is 1. The molecular weight excluding hydrogens is 147 g/mol. The molecule has 0 spiro atoms. The summed E-state index contributed by atoms with van der Waals surface area (Å²) in [5.74, 6) is 4.47. The highest BCUT2D eigenvalue weighted by atomic mass is 32.1. The number of thiazole rings is 1. The third-order valence-corrected chi connectivity index (χ3v) is 2.61. The lowest BCUT2D eigenvalue weighted by molar-refractivity contribution is 1.41. The Morgan fingerprint density at radius 2 is 2.44 bits per heavy atom. The van der Waals surface area contributed by atoms with Crippen molar-refractivity contribution in [2.24, 2.45) is 0 Å². The standard InChI is InChI=1S/C3H3N2S.2CH3.Al/c4-3-5-1-2-6-3;;;/h1-2H,(H-,4,5);2*1H3;/q-1;;;+1. The molecule has 0 radical (unpaired) electrons. The Bertz CT molecular complexity index is 161. The highest BCUT2D eigenvalue weighted by Crippen LogP contribution is 2.09. The van der Waals surface area contributed by atoms with E-state index in [2.05, 4.69) is 20.9 Å². The van der Waals surface area contributed by atoms with Crippen molar-refractivity contribution in [3.63, 3.8) is 0 Å². The Labute approximate surface area is 63.5 Å². The van der Waals surface area contributed by atoms with Crippen molar-refractivity contribution in [3.8, 4) is 0 Å². The van der Waals surface area contributed by atoms with E-state index in [0.717, 1.165) is 5.13 Å². The quantitative estimate of drug-likeness (QED) is 0.660. The summed E-state index contributed by atoms with van der Waals surface area (Å²) in [6.45, 7) is 0. The van der Waals surface area contributed by atoms with Gasteiger partial charge in [-0.3, -0.25) is 0 Å². The molecule has 1 aromatic rings. The molecule has 0 unspecified atom stereocenters. The second-order valence-electron chi connectivity index (χ2n) is 2.14. The minimum atomic E-state index is -0.665. The highest BCUT2D eigenvalue weighted by Gasteiger charge is 2.02. The number of nitrogens with one attached hydrogen (secondary N) is 1. The number of hydrogen-bond acceptors (Lipinski definition) is 3. The molecule has 0 atom stereocenters. The molecule has 1 rings (SSSR count). The van der Waals surface area contributed by atoms with E-state index in [-0.39, 0.29) is 0 Å². The molecule has 0 saturated heterocycles. The number of anilines is 1. The van der Waals surface area contributed by atoms with Crippen molar-refractivity contribution in [3.05, 3.63) is 11.6 Å². The van der Waals surface area contributed by atoms with E-state index in [1.807, 2.05) is 11.6 Å². The van der Waals surface area contributed by atoms with Crippen LogP contribution in [0.5, 0.6) is 0 Å². The lowest BCUT2D eigenvalue weighted by Gasteiger charge is -1.98. The minimum absolute atomic E-state index is 0.665. The molecule has 0 aliphatic carbocycles. The zero-order chi connectivity index (χ0) is 6.69. The highest BCUT2D eigenvalue weighted by molar-refractivity contribution is 7.14. The molecular formula is C5H9AlN2S. The Hall–Kier alpha value is -0.0375. The Kier molecular flexibility index (Phi) is 2.52. The van der Waals surface area contributed by atoms with E-state index in [1.165, 1.54) is 0 Å². The molecule has 4 heteroatoms. The average Bonchev–Trinajstić information content (AvgIpc) is 2.15. The first kappa shape index (κ1) is 7.07. The van der Waals surface area contributed by atoms with E-state index in [0.29, 0.717) is 0 Å². The summed E-state index contributed by atoms with van der Waals surface area (Å²) in [5.41, 5.74) is 0. The van der Waals surface area contributed by atoms with Crippen LogP contribution in [-0.2, 0) is 0 Å². The number of rotatable bonds is 2. The first-order valence-corrected chi connectivity index (χ1v) is 6.71. The van der Waals surface area contributed by atoms with Crippen LogP contribution in [0.15, 0.2) is 11.6 Å². The van der Waals surface area contributed by atoms with E-state index in [1.54, 1.807) is 11.3 Å². The van der Waals surface area contributed by atoms with Crippen LogP contribution in [0, 0.1) is 0 Å². The van der Waals surface area contributed by atoms with Gasteiger partial charge in [-0.1, -0.05) is 11.6 Å². The molecule has 0 saturated carbocycles. The normalized spacial score (nSPS) is 9.11. The molecule has 1 aromatic heterocycles. The van der Waals surface area contributed by atoms with Gasteiger partial charge in [0.25, 0.3) is 0 Å². The fourth-order valence-corrected chi connectivity index (χ4v) is 2.46. The van der Waals surface area contributed by atoms with E-state index >= 15 is 0 Å². The molecule has 0 aliphatic heterocycles. The topological polar surface area (TPSA) is 24.9 Å². The lowest BCUT2D eigenvalue weighted by Crippen LogP contribution is -2.14. The molecule has 0 aliphatic rings. The molecule has 0 aromatic carbocycles. The fraction of sp³-hybridized carbons (Fsp3) is 0.400. The van der Waals surface area contributed by atoms with Crippen molar-refractivity contribution >= 4 is 30.8 Å². The van der Waals surface area contributed by atoms with Crippen LogP contribution in [0.1, 0.15) is 0 Å². The second kappa shape index (κ2) is 3.21. The summed E-state index contributed by atoms with van der Waals surface area (Å²) in [4.78, 5) is 4.10. The third-order valence-electron chi connectivity index (χ3n) is 0.844. The van der Waals surface area contributed by atoms with Gasteiger partial charge >= 0.3 is 14.4 Å². The zero-order valence-corrected chi connectivity index (χ0v) is 7.56. The molecule has 0 amide bonds. The minimum Gasteiger partial charge on any atom is -0.452 e. The summed E-state index contributed by atoms with van der Waals surface area (Å²) in [6.07, 6.45) is 1.82. The van der Waals surface area contributed by atoms with Crippen molar-refractivity contribution in [1.82, 2.24) is 4.98 Å². The van der Waals surface area contributed by atoms with Crippen LogP contribution < -0.4 is 4.30 Å². The van der Waals surface area contributed by atoms with Gasteiger partial charge in [-0.05, 0) is 0 Å². The van der Waals surface area contributed by atoms with Crippen LogP contribution in [-0.4, -0.2) is 19.4 Å². The van der Waals surface area contributed by atoms with Gasteiger partial charge in [-0.15, -0.1) is 11.3 Å². The van der Waals surface area contributed by atoms with Crippen molar-refractivity contribution in [1.29, 1.82) is 0 Å². The first-order chi connectivity index (χ1) is 4.29. The maximum atomic E-state index is 4.10. The van der Waals surface area contributed by atoms with Crippen molar-refractivity contribution in [2.75, 3.05) is 4.30 Å². The van der Waals surface area contributed by atoms with E-state index < -0.39 is 14.4 Å². The van der Waals surface area contributed by atoms with Gasteiger partial charge in [-0.25, -0.2) is 4.98 Å². The third kappa shape index (κ3) is 2.36. The van der Waals surface area contributed by atoms with Gasteiger partial charge in [0, 0.05) is 11.6 Å². The number of nitrogens with zero attached hydrogens (tertiary/aromatic N) is 1. The Morgan fingerprint density at radius 1 is 1.67 bits per heavy atom. The smallest absolute Gasteiger partial charge is 0.406 e. The summed E-state index contributed by atoms with van der Waals surface area (Å²) < 4.78 is 3.33. The SMILES string of the molecule is [CH3][Al]([CH3])[NH]c1nccs1. The Balaban J connectivity index is 2.48. The lowest BCUT2D eigenvalue weighted by atomic mass is 11.0. The molecule has 1 heterocycles. The summed E-state index contributed by atoms with van der Waals surface area (Å²) in [5, 5.41) is 3.05. The maximum Gasteiger partial charge on any atom is 0.406 e. The van der Waals surface area contributed by atoms with Crippen LogP contribution in [0.25, 0.3) is 0 Å². The predicted octanol–water partition coefficient (Wildman–Crippen LogP) is 1.81. The molecule has 1 N–H and O–H groups in total. The first-order valence-electron chi connectivity index (χ1n) is 2.95. The maximum absolute atomic E-state index is 4.10. The average molecular weight is 156 g/mol. The molecule has 48 valence electrons. The molecule has 2 nitrogen and oxygen atoms in total. The van der Waals surface area contributed by atoms with E-state index in [4.69, 9.17) is 0 Å². The van der Waals surface area contributed by atoms with Gasteiger partial charge in [0.05, 0.1) is 0 Å². The predicted molar refractivity (Wildman–Crippen MR) is 43.2 cm³/mol. The van der Waals surface area contributed by atoms with Crippen LogP contribution in [0.2, 0.25) is 11.6 Å². The summed E-state index contributed by atoms with van der Waals surface area (Å²) >= 11 is 0.998. The van der Waals surface area contributed by atoms with Crippen molar-refractivity contribution < 1.29 is 0 Å².